The number of carbonyl (C=O) groups is 1. The second kappa shape index (κ2) is 6.13. The molecule has 5 nitrogen and oxygen atoms in total. The van der Waals surface area contributed by atoms with Crippen LogP contribution in [0.3, 0.4) is 0 Å². The van der Waals surface area contributed by atoms with Crippen molar-refractivity contribution in [3.05, 3.63) is 23.8 Å². The average molecular weight is 279 g/mol. The van der Waals surface area contributed by atoms with Gasteiger partial charge in [-0.3, -0.25) is 4.79 Å². The Kier molecular flexibility index (Phi) is 4.49. The highest BCUT2D eigenvalue weighted by molar-refractivity contribution is 5.95. The molecule has 0 heterocycles. The Morgan fingerprint density at radius 3 is 2.25 bits per heavy atom. The highest BCUT2D eigenvalue weighted by atomic mass is 16.5. The van der Waals surface area contributed by atoms with Gasteiger partial charge in [0.2, 0.25) is 0 Å². The van der Waals surface area contributed by atoms with E-state index in [1.165, 1.54) is 0 Å². The van der Waals surface area contributed by atoms with Gasteiger partial charge in [-0.25, -0.2) is 0 Å². The second-order valence-electron chi connectivity index (χ2n) is 5.28. The van der Waals surface area contributed by atoms with Gasteiger partial charge in [-0.15, -0.1) is 0 Å². The van der Waals surface area contributed by atoms with Crippen molar-refractivity contribution in [3.63, 3.8) is 0 Å². The highest BCUT2D eigenvalue weighted by Crippen LogP contribution is 2.28. The van der Waals surface area contributed by atoms with Crippen LogP contribution in [-0.2, 0) is 0 Å². The molecule has 110 valence electrons. The van der Waals surface area contributed by atoms with Crippen LogP contribution in [-0.4, -0.2) is 49.8 Å². The molecule has 1 amide bonds. The summed E-state index contributed by atoms with van der Waals surface area (Å²) in [7, 11) is 4.89. The highest BCUT2D eigenvalue weighted by Gasteiger charge is 2.29. The predicted molar refractivity (Wildman–Crippen MR) is 75.2 cm³/mol. The molecule has 0 atom stereocenters. The van der Waals surface area contributed by atoms with Gasteiger partial charge in [-0.2, -0.15) is 0 Å². The molecule has 1 N–H and O–H groups in total. The molecule has 0 saturated heterocycles. The molecule has 1 aromatic carbocycles. The summed E-state index contributed by atoms with van der Waals surface area (Å²) in [6.45, 7) is 0.662. The van der Waals surface area contributed by atoms with Gasteiger partial charge in [0.05, 0.1) is 20.3 Å². The molecule has 0 aromatic heterocycles. The predicted octanol–water partition coefficient (Wildman–Crippen LogP) is 1.55. The zero-order chi connectivity index (χ0) is 14.7. The lowest BCUT2D eigenvalue weighted by Crippen LogP contribution is -2.39. The average Bonchev–Trinajstić information content (AvgIpc) is 2.43. The number of aliphatic hydroxyl groups excluding tert-OH is 1. The number of benzene rings is 1. The van der Waals surface area contributed by atoms with Gasteiger partial charge >= 0.3 is 0 Å². The Morgan fingerprint density at radius 1 is 1.25 bits per heavy atom. The summed E-state index contributed by atoms with van der Waals surface area (Å²) < 4.78 is 10.3. The van der Waals surface area contributed by atoms with Crippen molar-refractivity contribution >= 4 is 5.91 Å². The number of methoxy groups -OCH3 is 2. The zero-order valence-electron chi connectivity index (χ0n) is 12.1. The molecule has 0 spiro atoms. The van der Waals surface area contributed by atoms with E-state index in [0.29, 0.717) is 29.5 Å². The van der Waals surface area contributed by atoms with Crippen LogP contribution in [0.5, 0.6) is 11.5 Å². The van der Waals surface area contributed by atoms with E-state index in [2.05, 4.69) is 0 Å². The fourth-order valence-electron chi connectivity index (χ4n) is 2.47. The largest absolute Gasteiger partial charge is 0.497 e. The monoisotopic (exact) mass is 279 g/mol. The van der Waals surface area contributed by atoms with Crippen molar-refractivity contribution in [2.45, 2.75) is 18.9 Å². The normalized spacial score (nSPS) is 21.0. The lowest BCUT2D eigenvalue weighted by molar-refractivity contribution is 0.0265. The first-order chi connectivity index (χ1) is 9.53. The van der Waals surface area contributed by atoms with E-state index >= 15 is 0 Å². The summed E-state index contributed by atoms with van der Waals surface area (Å²) in [5.41, 5.74) is 0.545. The molecule has 20 heavy (non-hydrogen) atoms. The topological polar surface area (TPSA) is 59.0 Å². The molecular formula is C15H21NO4. The fourth-order valence-corrected chi connectivity index (χ4v) is 2.47. The first-order valence-electron chi connectivity index (χ1n) is 6.70. The number of amides is 1. The van der Waals surface area contributed by atoms with Gasteiger partial charge in [-0.05, 0) is 30.9 Å². The van der Waals surface area contributed by atoms with E-state index in [0.717, 1.165) is 12.8 Å². The van der Waals surface area contributed by atoms with Crippen LogP contribution in [0.4, 0.5) is 0 Å². The van der Waals surface area contributed by atoms with Gasteiger partial charge in [0.25, 0.3) is 5.91 Å². The Labute approximate surface area is 119 Å². The molecule has 1 fully saturated rings. The summed E-state index contributed by atoms with van der Waals surface area (Å²) in [6.07, 6.45) is 1.36. The van der Waals surface area contributed by atoms with E-state index in [-0.39, 0.29) is 12.0 Å². The molecule has 0 radical (unpaired) electrons. The van der Waals surface area contributed by atoms with Gasteiger partial charge in [0.15, 0.2) is 0 Å². The van der Waals surface area contributed by atoms with E-state index in [1.807, 2.05) is 0 Å². The lowest BCUT2D eigenvalue weighted by atomic mass is 9.82. The quantitative estimate of drug-likeness (QED) is 0.888. The van der Waals surface area contributed by atoms with E-state index in [1.54, 1.807) is 44.4 Å². The number of rotatable bonds is 5. The van der Waals surface area contributed by atoms with Crippen molar-refractivity contribution in [1.82, 2.24) is 4.90 Å². The minimum absolute atomic E-state index is 0.0661. The summed E-state index contributed by atoms with van der Waals surface area (Å²) >= 11 is 0. The maximum Gasteiger partial charge on any atom is 0.253 e. The number of carbonyl (C=O) groups excluding carboxylic acids is 1. The van der Waals surface area contributed by atoms with E-state index in [4.69, 9.17) is 9.47 Å². The Bertz CT molecular complexity index is 461. The van der Waals surface area contributed by atoms with Gasteiger partial charge < -0.3 is 19.5 Å². The van der Waals surface area contributed by atoms with Gasteiger partial charge in [0, 0.05) is 25.2 Å². The van der Waals surface area contributed by atoms with Crippen molar-refractivity contribution in [2.24, 2.45) is 5.92 Å². The van der Waals surface area contributed by atoms with Crippen molar-refractivity contribution in [3.8, 4) is 11.5 Å². The molecule has 1 aliphatic carbocycles. The Morgan fingerprint density at radius 2 is 1.80 bits per heavy atom. The van der Waals surface area contributed by atoms with E-state index < -0.39 is 0 Å². The van der Waals surface area contributed by atoms with Gasteiger partial charge in [0.1, 0.15) is 11.5 Å². The van der Waals surface area contributed by atoms with Gasteiger partial charge in [-0.1, -0.05) is 0 Å². The standard InChI is InChI=1S/C15H21NO4/c1-16(9-10-4-12(17)5-10)15(18)11-6-13(19-2)8-14(7-11)20-3/h6-8,10,12,17H,4-5,9H2,1-3H3. The van der Waals surface area contributed by atoms with Crippen molar-refractivity contribution < 1.29 is 19.4 Å². The van der Waals surface area contributed by atoms with Crippen molar-refractivity contribution in [2.75, 3.05) is 27.8 Å². The lowest BCUT2D eigenvalue weighted by Gasteiger charge is -2.34. The van der Waals surface area contributed by atoms with Crippen LogP contribution < -0.4 is 9.47 Å². The number of ether oxygens (including phenoxy) is 2. The Hall–Kier alpha value is -1.75. The molecule has 0 unspecified atom stereocenters. The third-order valence-electron chi connectivity index (χ3n) is 3.69. The Balaban J connectivity index is 2.07. The molecule has 0 bridgehead atoms. The van der Waals surface area contributed by atoms with Crippen LogP contribution in [0.15, 0.2) is 18.2 Å². The minimum Gasteiger partial charge on any atom is -0.497 e. The summed E-state index contributed by atoms with van der Waals surface area (Å²) in [6, 6.07) is 5.15. The van der Waals surface area contributed by atoms with Crippen LogP contribution in [0.1, 0.15) is 23.2 Å². The number of aliphatic hydroxyl groups is 1. The van der Waals surface area contributed by atoms with Crippen LogP contribution in [0.2, 0.25) is 0 Å². The molecule has 1 aromatic rings. The summed E-state index contributed by atoms with van der Waals surface area (Å²) in [5.74, 6) is 1.52. The fraction of sp³-hybridized carbons (Fsp3) is 0.533. The number of hydrogen-bond donors (Lipinski definition) is 1. The number of nitrogens with zero attached hydrogens (tertiary/aromatic N) is 1. The molecule has 1 aliphatic rings. The SMILES string of the molecule is COc1cc(OC)cc(C(=O)N(C)CC2CC(O)C2)c1. The third kappa shape index (κ3) is 3.22. The van der Waals surface area contributed by atoms with Crippen LogP contribution in [0, 0.1) is 5.92 Å². The summed E-state index contributed by atoms with van der Waals surface area (Å²) in [4.78, 5) is 14.1. The maximum absolute atomic E-state index is 12.4. The molecule has 0 aliphatic heterocycles. The van der Waals surface area contributed by atoms with Crippen LogP contribution in [0.25, 0.3) is 0 Å². The summed E-state index contributed by atoms with van der Waals surface area (Å²) in [5, 5.41) is 9.29. The second-order valence-corrected chi connectivity index (χ2v) is 5.28. The minimum atomic E-state index is -0.194. The number of hydrogen-bond acceptors (Lipinski definition) is 4. The first kappa shape index (κ1) is 14.7. The molecule has 1 saturated carbocycles. The first-order valence-corrected chi connectivity index (χ1v) is 6.70. The smallest absolute Gasteiger partial charge is 0.253 e. The zero-order valence-corrected chi connectivity index (χ0v) is 12.1. The molecule has 5 heteroatoms. The van der Waals surface area contributed by atoms with Crippen molar-refractivity contribution in [1.29, 1.82) is 0 Å². The maximum atomic E-state index is 12.4. The molecular weight excluding hydrogens is 258 g/mol. The van der Waals surface area contributed by atoms with E-state index in [9.17, 15) is 9.90 Å². The molecule has 2 rings (SSSR count). The van der Waals surface area contributed by atoms with Crippen LogP contribution >= 0.6 is 0 Å². The third-order valence-corrected chi connectivity index (χ3v) is 3.69.